The summed E-state index contributed by atoms with van der Waals surface area (Å²) in [4.78, 5) is 14.5. The maximum absolute atomic E-state index is 12.4. The molecule has 4 aliphatic rings. The van der Waals surface area contributed by atoms with Crippen LogP contribution in [0, 0.1) is 34.5 Å². The molecule has 1 saturated heterocycles. The number of ether oxygens (including phenoxy) is 1. The molecule has 1 aromatic rings. The molecule has 3 saturated carbocycles. The molecule has 30 heavy (non-hydrogen) atoms. The zero-order valence-electron chi connectivity index (χ0n) is 19.1. The molecular formula is C26H38N2O2. The average Bonchev–Trinajstić information content (AvgIpc) is 3.04. The molecule has 6 unspecified atom stereocenters. The summed E-state index contributed by atoms with van der Waals surface area (Å²) in [6.45, 7) is 7.49. The van der Waals surface area contributed by atoms with Crippen molar-refractivity contribution in [1.29, 1.82) is 0 Å². The number of hydrogen-bond donors (Lipinski definition) is 1. The lowest BCUT2D eigenvalue weighted by molar-refractivity contribution is -0.164. The highest BCUT2D eigenvalue weighted by Crippen LogP contribution is 2.66. The van der Waals surface area contributed by atoms with E-state index in [1.165, 1.54) is 19.3 Å². The Balaban J connectivity index is 1.39. The van der Waals surface area contributed by atoms with Crippen LogP contribution >= 0.6 is 0 Å². The molecule has 0 spiro atoms. The van der Waals surface area contributed by atoms with Crippen LogP contribution < -0.4 is 10.5 Å². The van der Waals surface area contributed by atoms with Crippen molar-refractivity contribution >= 4 is 11.6 Å². The first-order valence-corrected chi connectivity index (χ1v) is 12.0. The predicted molar refractivity (Wildman–Crippen MR) is 120 cm³/mol. The first-order valence-electron chi connectivity index (χ1n) is 12.0. The van der Waals surface area contributed by atoms with Gasteiger partial charge in [-0.15, -0.1) is 0 Å². The number of hydrogen-bond acceptors (Lipinski definition) is 3. The van der Waals surface area contributed by atoms with Gasteiger partial charge in [0.05, 0.1) is 6.10 Å². The number of fused-ring (bicyclic) bond motifs is 5. The lowest BCUT2D eigenvalue weighted by Crippen LogP contribution is -2.62. The van der Waals surface area contributed by atoms with E-state index < -0.39 is 0 Å². The summed E-state index contributed by atoms with van der Waals surface area (Å²) in [6.07, 6.45) is 8.21. The maximum atomic E-state index is 12.4. The number of rotatable bonds is 2. The summed E-state index contributed by atoms with van der Waals surface area (Å²) in [5, 5.41) is 0. The normalized spacial score (nSPS) is 45.5. The summed E-state index contributed by atoms with van der Waals surface area (Å²) in [7, 11) is 2.05. The van der Waals surface area contributed by atoms with E-state index in [4.69, 9.17) is 10.5 Å². The van der Waals surface area contributed by atoms with Gasteiger partial charge in [0.15, 0.2) is 0 Å². The number of carbonyl (C=O) groups is 1. The number of likely N-dealkylation sites (tertiary alicyclic amines) is 1. The summed E-state index contributed by atoms with van der Waals surface area (Å²) in [5.41, 5.74) is 7.29. The fourth-order valence-corrected chi connectivity index (χ4v) is 8.29. The van der Waals surface area contributed by atoms with E-state index in [1.54, 1.807) is 0 Å². The van der Waals surface area contributed by atoms with Crippen LogP contribution in [-0.4, -0.2) is 30.0 Å². The van der Waals surface area contributed by atoms with Gasteiger partial charge in [0.25, 0.3) is 0 Å². The molecule has 1 amide bonds. The first-order chi connectivity index (χ1) is 14.2. The molecule has 8 atom stereocenters. The number of carbonyl (C=O) groups excluding carboxylic acids is 1. The second kappa shape index (κ2) is 6.90. The molecule has 1 aromatic carbocycles. The average molecular weight is 411 g/mol. The van der Waals surface area contributed by atoms with Gasteiger partial charge in [-0.2, -0.15) is 0 Å². The zero-order chi connectivity index (χ0) is 21.3. The molecule has 0 radical (unpaired) electrons. The smallest absolute Gasteiger partial charge is 0.222 e. The Hall–Kier alpha value is -1.71. The van der Waals surface area contributed by atoms with Crippen LogP contribution in [0.1, 0.15) is 65.7 Å². The molecule has 1 aliphatic heterocycles. The third kappa shape index (κ3) is 2.97. The molecule has 4 heteroatoms. The third-order valence-electron chi connectivity index (χ3n) is 9.84. The lowest BCUT2D eigenvalue weighted by Gasteiger charge is -2.63. The Bertz CT molecular complexity index is 823. The summed E-state index contributed by atoms with van der Waals surface area (Å²) < 4.78 is 6.46. The Morgan fingerprint density at radius 1 is 1.10 bits per heavy atom. The molecular weight excluding hydrogens is 372 g/mol. The molecule has 0 bridgehead atoms. The lowest BCUT2D eigenvalue weighted by atomic mass is 9.45. The number of nitrogens with zero attached hydrogens (tertiary/aromatic N) is 1. The van der Waals surface area contributed by atoms with Crippen molar-refractivity contribution in [2.24, 2.45) is 34.5 Å². The van der Waals surface area contributed by atoms with Crippen molar-refractivity contribution in [3.63, 3.8) is 0 Å². The molecule has 164 valence electrons. The first kappa shape index (κ1) is 20.2. The van der Waals surface area contributed by atoms with Gasteiger partial charge in [0.1, 0.15) is 5.75 Å². The monoisotopic (exact) mass is 410 g/mol. The Labute approximate surface area is 181 Å². The van der Waals surface area contributed by atoms with Gasteiger partial charge in [-0.3, -0.25) is 4.79 Å². The predicted octanol–water partition coefficient (Wildman–Crippen LogP) is 5.13. The minimum atomic E-state index is 0.275. The van der Waals surface area contributed by atoms with Crippen molar-refractivity contribution in [3.05, 3.63) is 24.3 Å². The highest BCUT2D eigenvalue weighted by atomic mass is 16.5. The van der Waals surface area contributed by atoms with Gasteiger partial charge in [-0.05, 0) is 97.3 Å². The van der Waals surface area contributed by atoms with Crippen molar-refractivity contribution < 1.29 is 9.53 Å². The van der Waals surface area contributed by atoms with Crippen LogP contribution in [0.2, 0.25) is 0 Å². The third-order valence-corrected chi connectivity index (χ3v) is 9.84. The largest absolute Gasteiger partial charge is 0.490 e. The van der Waals surface area contributed by atoms with Crippen LogP contribution in [0.25, 0.3) is 0 Å². The van der Waals surface area contributed by atoms with E-state index in [0.29, 0.717) is 29.4 Å². The fourth-order valence-electron chi connectivity index (χ4n) is 8.29. The molecule has 4 fully saturated rings. The summed E-state index contributed by atoms with van der Waals surface area (Å²) >= 11 is 0. The fraction of sp³-hybridized carbons (Fsp3) is 0.731. The van der Waals surface area contributed by atoms with Crippen LogP contribution in [0.4, 0.5) is 5.69 Å². The molecule has 0 aromatic heterocycles. The van der Waals surface area contributed by atoms with Crippen LogP contribution in [0.3, 0.4) is 0 Å². The van der Waals surface area contributed by atoms with E-state index in [-0.39, 0.29) is 5.41 Å². The van der Waals surface area contributed by atoms with Crippen LogP contribution in [0.5, 0.6) is 5.75 Å². The molecule has 4 nitrogen and oxygen atoms in total. The highest BCUT2D eigenvalue weighted by Gasteiger charge is 2.62. The Morgan fingerprint density at radius 3 is 2.57 bits per heavy atom. The molecule has 3 aliphatic carbocycles. The van der Waals surface area contributed by atoms with E-state index in [2.05, 4.69) is 32.7 Å². The minimum absolute atomic E-state index is 0.275. The van der Waals surface area contributed by atoms with Gasteiger partial charge in [-0.1, -0.05) is 20.8 Å². The van der Waals surface area contributed by atoms with Crippen molar-refractivity contribution in [3.8, 4) is 5.75 Å². The minimum Gasteiger partial charge on any atom is -0.490 e. The standard InChI is InChI=1S/C26H38N2O2/c1-16-13-22-26(3,12-10-23(29)28(22)4)20-9-11-25(2)15-19(14-21(25)24(16)20)30-18-7-5-17(27)6-8-18/h5-8,16,19-22,24H,9-15,27H2,1-4H3/t16?,19-,20?,21?,22?,24?,25?,26+/m0/s1. The van der Waals surface area contributed by atoms with Crippen molar-refractivity contribution in [2.45, 2.75) is 77.9 Å². The zero-order valence-corrected chi connectivity index (χ0v) is 19.1. The Kier molecular flexibility index (Phi) is 4.65. The quantitative estimate of drug-likeness (QED) is 0.688. The van der Waals surface area contributed by atoms with Gasteiger partial charge in [0, 0.05) is 25.2 Å². The number of anilines is 1. The number of piperidine rings is 1. The number of nitrogen functional groups attached to an aromatic ring is 1. The van der Waals surface area contributed by atoms with Gasteiger partial charge in [0.2, 0.25) is 5.91 Å². The van der Waals surface area contributed by atoms with E-state index >= 15 is 0 Å². The topological polar surface area (TPSA) is 55.6 Å². The van der Waals surface area contributed by atoms with E-state index in [0.717, 1.165) is 54.9 Å². The highest BCUT2D eigenvalue weighted by molar-refractivity contribution is 5.77. The van der Waals surface area contributed by atoms with E-state index in [1.807, 2.05) is 24.3 Å². The van der Waals surface area contributed by atoms with Crippen molar-refractivity contribution in [2.75, 3.05) is 12.8 Å². The van der Waals surface area contributed by atoms with Gasteiger partial charge >= 0.3 is 0 Å². The second-order valence-electron chi connectivity index (χ2n) is 11.5. The Morgan fingerprint density at radius 2 is 1.83 bits per heavy atom. The van der Waals surface area contributed by atoms with Crippen LogP contribution in [0.15, 0.2) is 24.3 Å². The number of benzene rings is 1. The molecule has 5 rings (SSSR count). The SMILES string of the molecule is CC1CC2N(C)C(=O)CC[C@]2(C)C2CCC3(C)C[C@@H](Oc4ccc(N)cc4)CC3C12. The summed E-state index contributed by atoms with van der Waals surface area (Å²) in [5.74, 6) is 4.18. The van der Waals surface area contributed by atoms with Crippen LogP contribution in [-0.2, 0) is 4.79 Å². The van der Waals surface area contributed by atoms with E-state index in [9.17, 15) is 4.79 Å². The molecule has 2 N–H and O–H groups in total. The maximum Gasteiger partial charge on any atom is 0.222 e. The van der Waals surface area contributed by atoms with Crippen molar-refractivity contribution in [1.82, 2.24) is 4.90 Å². The number of nitrogens with two attached hydrogens (primary N) is 1. The number of amides is 1. The van der Waals surface area contributed by atoms with Gasteiger partial charge < -0.3 is 15.4 Å². The second-order valence-corrected chi connectivity index (χ2v) is 11.5. The molecule has 1 heterocycles. The summed E-state index contributed by atoms with van der Waals surface area (Å²) in [6, 6.07) is 8.29. The van der Waals surface area contributed by atoms with Gasteiger partial charge in [-0.25, -0.2) is 0 Å².